The Kier molecular flexibility index (Phi) is 6.48. The van der Waals surface area contributed by atoms with Crippen LogP contribution >= 0.6 is 0 Å². The van der Waals surface area contributed by atoms with Crippen LogP contribution in [0.1, 0.15) is 40.0 Å². The van der Waals surface area contributed by atoms with E-state index in [4.69, 9.17) is 0 Å². The van der Waals surface area contributed by atoms with E-state index >= 15 is 0 Å². The molecule has 12 heteroatoms. The van der Waals surface area contributed by atoms with Gasteiger partial charge in [0.1, 0.15) is 11.2 Å². The van der Waals surface area contributed by atoms with Crippen LogP contribution in [-0.2, 0) is 25.9 Å². The van der Waals surface area contributed by atoms with Gasteiger partial charge in [0.15, 0.2) is 0 Å². The van der Waals surface area contributed by atoms with Crippen LogP contribution in [0.5, 0.6) is 0 Å². The summed E-state index contributed by atoms with van der Waals surface area (Å²) in [5.41, 5.74) is -3.19. The number of nitrogens with zero attached hydrogens (tertiary/aromatic N) is 4. The average Bonchev–Trinajstić information content (AvgIpc) is 3.34. The van der Waals surface area contributed by atoms with Crippen molar-refractivity contribution < 1.29 is 31.1 Å². The summed E-state index contributed by atoms with van der Waals surface area (Å²) < 4.78 is 80.8. The zero-order chi connectivity index (χ0) is 26.4. The van der Waals surface area contributed by atoms with Crippen molar-refractivity contribution in [3.05, 3.63) is 69.3 Å². The highest BCUT2D eigenvalue weighted by Crippen LogP contribution is 2.37. The lowest BCUT2D eigenvalue weighted by molar-refractivity contribution is -0.143. The third-order valence-corrected chi connectivity index (χ3v) is 6.17. The molecule has 1 aromatic carbocycles. The number of hydrogen-bond donors (Lipinski definition) is 0. The van der Waals surface area contributed by atoms with Gasteiger partial charge in [-0.3, -0.25) is 14.6 Å². The highest BCUT2D eigenvalue weighted by Gasteiger charge is 2.37. The molecule has 4 rings (SSSR count). The average molecular weight is 512 g/mol. The standard InChI is InChI=1S/C24H22F6N4O2/c1-32(13-14-10-15(23(25,26)27)12-16(11-14)24(28,29)30)22(36)20-19(34-8-3-4-9-34)17-6-5-7-31-18(17)21(35)33(20)2/h5-7,10-12H,3-4,8-9,13H2,1-2H3. The van der Waals surface area contributed by atoms with E-state index in [1.54, 1.807) is 12.1 Å². The number of halogens is 6. The lowest BCUT2D eigenvalue weighted by Gasteiger charge is -2.27. The maximum absolute atomic E-state index is 13.6. The number of carbonyl (C=O) groups excluding carboxylic acids is 1. The quantitative estimate of drug-likeness (QED) is 0.470. The number of hydrogen-bond acceptors (Lipinski definition) is 4. The van der Waals surface area contributed by atoms with Crippen molar-refractivity contribution in [1.82, 2.24) is 14.5 Å². The Labute approximate surface area is 201 Å². The molecule has 0 saturated carbocycles. The van der Waals surface area contributed by atoms with Crippen LogP contribution < -0.4 is 10.5 Å². The molecule has 0 spiro atoms. The fourth-order valence-corrected chi connectivity index (χ4v) is 4.46. The van der Waals surface area contributed by atoms with Gasteiger partial charge in [0.05, 0.1) is 16.8 Å². The molecule has 0 radical (unpaired) electrons. The number of amides is 1. The Morgan fingerprint density at radius 3 is 2.17 bits per heavy atom. The molecule has 0 aliphatic carbocycles. The Bertz CT molecular complexity index is 1340. The topological polar surface area (TPSA) is 58.4 Å². The van der Waals surface area contributed by atoms with Gasteiger partial charge in [-0.2, -0.15) is 26.3 Å². The van der Waals surface area contributed by atoms with Crippen LogP contribution in [-0.4, -0.2) is 40.5 Å². The molecule has 0 N–H and O–H groups in total. The molecule has 1 aliphatic heterocycles. The van der Waals surface area contributed by atoms with Crippen molar-refractivity contribution in [1.29, 1.82) is 0 Å². The molecule has 0 unspecified atom stereocenters. The summed E-state index contributed by atoms with van der Waals surface area (Å²) in [5, 5.41) is 0.456. The van der Waals surface area contributed by atoms with Crippen molar-refractivity contribution in [3.63, 3.8) is 0 Å². The molecule has 1 fully saturated rings. The number of pyridine rings is 2. The summed E-state index contributed by atoms with van der Waals surface area (Å²) >= 11 is 0. The van der Waals surface area contributed by atoms with Crippen LogP contribution in [0.15, 0.2) is 41.3 Å². The molecule has 2 aromatic heterocycles. The van der Waals surface area contributed by atoms with Gasteiger partial charge in [-0.05, 0) is 48.7 Å². The van der Waals surface area contributed by atoms with Crippen LogP contribution in [0.25, 0.3) is 10.9 Å². The summed E-state index contributed by atoms with van der Waals surface area (Å²) in [6.45, 7) is 0.702. The first kappa shape index (κ1) is 25.5. The van der Waals surface area contributed by atoms with E-state index in [9.17, 15) is 35.9 Å². The minimum atomic E-state index is -5.00. The summed E-state index contributed by atoms with van der Waals surface area (Å²) in [7, 11) is 2.66. The normalized spacial score (nSPS) is 14.5. The number of alkyl halides is 6. The first-order chi connectivity index (χ1) is 16.8. The van der Waals surface area contributed by atoms with Crippen LogP contribution in [0.3, 0.4) is 0 Å². The molecule has 1 amide bonds. The van der Waals surface area contributed by atoms with Crippen molar-refractivity contribution in [2.75, 3.05) is 25.0 Å². The summed E-state index contributed by atoms with van der Waals surface area (Å²) in [4.78, 5) is 33.7. The Balaban J connectivity index is 1.80. The van der Waals surface area contributed by atoms with E-state index in [1.165, 1.54) is 20.3 Å². The van der Waals surface area contributed by atoms with E-state index in [1.807, 2.05) is 4.90 Å². The zero-order valence-corrected chi connectivity index (χ0v) is 19.4. The first-order valence-electron chi connectivity index (χ1n) is 11.1. The second kappa shape index (κ2) is 9.14. The smallest absolute Gasteiger partial charge is 0.369 e. The maximum Gasteiger partial charge on any atom is 0.416 e. The Hall–Kier alpha value is -3.57. The molecule has 1 saturated heterocycles. The minimum absolute atomic E-state index is 0.00655. The lowest BCUT2D eigenvalue weighted by Crippen LogP contribution is -2.36. The second-order valence-electron chi connectivity index (χ2n) is 8.73. The molecule has 192 valence electrons. The summed E-state index contributed by atoms with van der Waals surface area (Å²) in [6, 6.07) is 4.50. The second-order valence-corrected chi connectivity index (χ2v) is 8.73. The van der Waals surface area contributed by atoms with Gasteiger partial charge in [0.2, 0.25) is 0 Å². The zero-order valence-electron chi connectivity index (χ0n) is 19.4. The molecule has 0 atom stereocenters. The number of carbonyl (C=O) groups is 1. The molecule has 3 heterocycles. The molecule has 6 nitrogen and oxygen atoms in total. The lowest BCUT2D eigenvalue weighted by atomic mass is 10.0. The maximum atomic E-state index is 13.6. The van der Waals surface area contributed by atoms with Crippen molar-refractivity contribution >= 4 is 22.5 Å². The van der Waals surface area contributed by atoms with E-state index in [-0.39, 0.29) is 22.8 Å². The highest BCUT2D eigenvalue weighted by molar-refractivity contribution is 6.06. The first-order valence-corrected chi connectivity index (χ1v) is 11.1. The van der Waals surface area contributed by atoms with E-state index in [2.05, 4.69) is 4.98 Å². The van der Waals surface area contributed by atoms with Gasteiger partial charge < -0.3 is 14.4 Å². The number of benzene rings is 1. The van der Waals surface area contributed by atoms with Gasteiger partial charge in [-0.25, -0.2) is 0 Å². The fourth-order valence-electron chi connectivity index (χ4n) is 4.46. The van der Waals surface area contributed by atoms with Crippen molar-refractivity contribution in [3.8, 4) is 0 Å². The van der Waals surface area contributed by atoms with E-state index < -0.39 is 41.5 Å². The van der Waals surface area contributed by atoms with Gasteiger partial charge in [-0.15, -0.1) is 0 Å². The molecule has 0 bridgehead atoms. The van der Waals surface area contributed by atoms with Gasteiger partial charge in [0, 0.05) is 45.3 Å². The van der Waals surface area contributed by atoms with Crippen molar-refractivity contribution in [2.24, 2.45) is 7.05 Å². The van der Waals surface area contributed by atoms with E-state index in [0.717, 1.165) is 22.3 Å². The Morgan fingerprint density at radius 2 is 1.61 bits per heavy atom. The van der Waals surface area contributed by atoms with Gasteiger partial charge in [0.25, 0.3) is 11.5 Å². The van der Waals surface area contributed by atoms with Gasteiger partial charge >= 0.3 is 12.4 Å². The van der Waals surface area contributed by atoms with E-state index in [0.29, 0.717) is 36.3 Å². The monoisotopic (exact) mass is 512 g/mol. The number of fused-ring (bicyclic) bond motifs is 1. The largest absolute Gasteiger partial charge is 0.416 e. The predicted octanol–water partition coefficient (Wildman–Crippen LogP) is 4.84. The Morgan fingerprint density at radius 1 is 1.03 bits per heavy atom. The summed E-state index contributed by atoms with van der Waals surface area (Å²) in [5.74, 6) is -0.715. The van der Waals surface area contributed by atoms with Crippen molar-refractivity contribution in [2.45, 2.75) is 31.7 Å². The molecular weight excluding hydrogens is 490 g/mol. The number of aromatic nitrogens is 2. The number of anilines is 1. The molecule has 36 heavy (non-hydrogen) atoms. The number of rotatable bonds is 4. The molecular formula is C24H22F6N4O2. The third kappa shape index (κ3) is 4.76. The van der Waals surface area contributed by atoms with Crippen LogP contribution in [0.2, 0.25) is 0 Å². The SMILES string of the molecule is CN(Cc1cc(C(F)(F)F)cc(C(F)(F)F)c1)C(=O)c1c(N2CCCC2)c2cccnc2c(=O)n1C. The summed E-state index contributed by atoms with van der Waals surface area (Å²) in [6.07, 6.45) is -6.83. The predicted molar refractivity (Wildman–Crippen MR) is 121 cm³/mol. The third-order valence-electron chi connectivity index (χ3n) is 6.17. The van der Waals surface area contributed by atoms with Gasteiger partial charge in [-0.1, -0.05) is 0 Å². The molecule has 1 aliphatic rings. The highest BCUT2D eigenvalue weighted by atomic mass is 19.4. The van der Waals surface area contributed by atoms with Crippen LogP contribution in [0.4, 0.5) is 32.0 Å². The fraction of sp³-hybridized carbons (Fsp3) is 0.375. The van der Waals surface area contributed by atoms with Crippen LogP contribution in [0, 0.1) is 0 Å². The molecule has 3 aromatic rings. The minimum Gasteiger partial charge on any atom is -0.369 e.